The number of carbonyl (C=O) groups excluding carboxylic acids is 5. The van der Waals surface area contributed by atoms with Gasteiger partial charge < -0.3 is 29.9 Å². The smallest absolute Gasteiger partial charge is 0.410 e. The van der Waals surface area contributed by atoms with Crippen molar-refractivity contribution in [3.8, 4) is 0 Å². The summed E-state index contributed by atoms with van der Waals surface area (Å²) >= 11 is 0. The summed E-state index contributed by atoms with van der Waals surface area (Å²) in [7, 11) is 1.70. The van der Waals surface area contributed by atoms with Crippen LogP contribution in [-0.2, 0) is 32.2 Å². The van der Waals surface area contributed by atoms with E-state index in [0.717, 1.165) is 30.4 Å². The SMILES string of the molecule is CN(CCOCC12CC(C1)C(NC(=O)NCc1ccc3c(c1)CN(C1CCC(=O)NC1=O)C3=O)C2)C(=O)OC(C)(C)C. The molecule has 3 N–H and O–H groups in total. The minimum Gasteiger partial charge on any atom is -0.444 e. The number of hydrogen-bond donors (Lipinski definition) is 3. The molecule has 1 saturated heterocycles. The van der Waals surface area contributed by atoms with Crippen LogP contribution in [0, 0.1) is 11.3 Å². The minimum atomic E-state index is -0.653. The minimum absolute atomic E-state index is 0.0774. The number of urea groups is 1. The highest BCUT2D eigenvalue weighted by Gasteiger charge is 2.56. The van der Waals surface area contributed by atoms with Gasteiger partial charge in [-0.25, -0.2) is 9.59 Å². The molecule has 1 aromatic carbocycles. The number of fused-ring (bicyclic) bond motifs is 2. The van der Waals surface area contributed by atoms with Gasteiger partial charge in [-0.1, -0.05) is 12.1 Å². The number of nitrogens with one attached hydrogen (secondary N) is 3. The van der Waals surface area contributed by atoms with Crippen molar-refractivity contribution < 1.29 is 33.4 Å². The highest BCUT2D eigenvalue weighted by molar-refractivity contribution is 6.05. The van der Waals surface area contributed by atoms with E-state index in [0.29, 0.717) is 50.8 Å². The zero-order valence-corrected chi connectivity index (χ0v) is 24.8. The molecule has 3 aliphatic carbocycles. The summed E-state index contributed by atoms with van der Waals surface area (Å²) in [5, 5.41) is 8.36. The predicted octanol–water partition coefficient (Wildman–Crippen LogP) is 2.30. The summed E-state index contributed by atoms with van der Waals surface area (Å²) in [5.41, 5.74) is 1.75. The molecule has 1 aromatic rings. The van der Waals surface area contributed by atoms with Crippen molar-refractivity contribution in [1.82, 2.24) is 25.8 Å². The maximum atomic E-state index is 12.9. The Morgan fingerprint density at radius 1 is 1.17 bits per heavy atom. The first-order valence-corrected chi connectivity index (χ1v) is 14.7. The Bertz CT molecular complexity index is 1270. The molecule has 228 valence electrons. The van der Waals surface area contributed by atoms with Gasteiger partial charge in [0.2, 0.25) is 11.8 Å². The lowest BCUT2D eigenvalue weighted by Gasteiger charge is -2.38. The number of benzene rings is 1. The van der Waals surface area contributed by atoms with Crippen LogP contribution in [0.2, 0.25) is 0 Å². The summed E-state index contributed by atoms with van der Waals surface area (Å²) in [6, 6.07) is 4.64. The quantitative estimate of drug-likeness (QED) is 0.299. The topological polar surface area (TPSA) is 146 Å². The average Bonchev–Trinajstić information content (AvgIpc) is 3.52. The first-order chi connectivity index (χ1) is 19.8. The molecule has 2 atom stereocenters. The van der Waals surface area contributed by atoms with Crippen molar-refractivity contribution in [1.29, 1.82) is 0 Å². The van der Waals surface area contributed by atoms with Gasteiger partial charge in [0.25, 0.3) is 5.91 Å². The molecule has 2 aliphatic heterocycles. The molecule has 0 aromatic heterocycles. The van der Waals surface area contributed by atoms with Gasteiger partial charge in [0.15, 0.2) is 0 Å². The number of ether oxygens (including phenoxy) is 2. The van der Waals surface area contributed by atoms with Crippen LogP contribution in [0.4, 0.5) is 9.59 Å². The molecule has 0 spiro atoms. The molecule has 0 radical (unpaired) electrons. The van der Waals surface area contributed by atoms with Crippen molar-refractivity contribution in [2.24, 2.45) is 11.3 Å². The van der Waals surface area contributed by atoms with Crippen LogP contribution >= 0.6 is 0 Å². The van der Waals surface area contributed by atoms with Crippen LogP contribution in [0.15, 0.2) is 18.2 Å². The van der Waals surface area contributed by atoms with E-state index >= 15 is 0 Å². The molecule has 6 rings (SSSR count). The molecule has 12 heteroatoms. The molecule has 42 heavy (non-hydrogen) atoms. The second-order valence-corrected chi connectivity index (χ2v) is 13.2. The molecular weight excluding hydrogens is 542 g/mol. The number of carbonyl (C=O) groups is 5. The van der Waals surface area contributed by atoms with Crippen molar-refractivity contribution in [2.75, 3.05) is 26.8 Å². The first kappa shape index (κ1) is 29.8. The van der Waals surface area contributed by atoms with Crippen LogP contribution in [-0.4, -0.2) is 84.1 Å². The summed E-state index contributed by atoms with van der Waals surface area (Å²) in [6.07, 6.45) is 3.06. The maximum absolute atomic E-state index is 12.9. The fourth-order valence-corrected chi connectivity index (χ4v) is 6.54. The van der Waals surface area contributed by atoms with Crippen LogP contribution in [0.3, 0.4) is 0 Å². The van der Waals surface area contributed by atoms with Gasteiger partial charge in [-0.15, -0.1) is 0 Å². The Balaban J connectivity index is 1.03. The van der Waals surface area contributed by atoms with Gasteiger partial charge in [0, 0.05) is 44.7 Å². The first-order valence-electron chi connectivity index (χ1n) is 14.7. The second kappa shape index (κ2) is 11.5. The molecule has 2 bridgehead atoms. The Labute approximate surface area is 245 Å². The van der Waals surface area contributed by atoms with Crippen LogP contribution < -0.4 is 16.0 Å². The third kappa shape index (κ3) is 6.53. The van der Waals surface area contributed by atoms with Crippen molar-refractivity contribution in [3.63, 3.8) is 0 Å². The Kier molecular flexibility index (Phi) is 8.19. The van der Waals surface area contributed by atoms with E-state index in [1.165, 1.54) is 9.80 Å². The van der Waals surface area contributed by atoms with Crippen LogP contribution in [0.25, 0.3) is 0 Å². The van der Waals surface area contributed by atoms with E-state index < -0.39 is 17.6 Å². The third-order valence-electron chi connectivity index (χ3n) is 8.65. The van der Waals surface area contributed by atoms with E-state index in [4.69, 9.17) is 9.47 Å². The fraction of sp³-hybridized carbons (Fsp3) is 0.633. The third-order valence-corrected chi connectivity index (χ3v) is 8.65. The van der Waals surface area contributed by atoms with Crippen molar-refractivity contribution in [3.05, 3.63) is 34.9 Å². The van der Waals surface area contributed by atoms with E-state index in [2.05, 4.69) is 16.0 Å². The van der Waals surface area contributed by atoms with Crippen molar-refractivity contribution in [2.45, 2.75) is 83.6 Å². The standard InChI is InChI=1S/C30H41N5O7/c1-29(2,3)42-28(40)34(4)9-10-41-17-30-12-20(13-30)22(14-30)32-27(39)31-15-18-5-6-21-19(11-18)16-35(26(21)38)23-7-8-24(36)33-25(23)37/h5-6,11,20,22-23H,7-10,12-17H2,1-4H3,(H2,31,32,39)(H,33,36,37). The lowest BCUT2D eigenvalue weighted by atomic mass is 9.70. The zero-order valence-electron chi connectivity index (χ0n) is 24.8. The van der Waals surface area contributed by atoms with Gasteiger partial charge in [0.1, 0.15) is 11.6 Å². The molecule has 4 fully saturated rings. The van der Waals surface area contributed by atoms with E-state index in [1.807, 2.05) is 32.9 Å². The molecule has 5 aliphatic rings. The number of rotatable bonds is 9. The van der Waals surface area contributed by atoms with Gasteiger partial charge in [-0.3, -0.25) is 19.7 Å². The molecule has 12 nitrogen and oxygen atoms in total. The summed E-state index contributed by atoms with van der Waals surface area (Å²) in [5.74, 6) is -0.529. The monoisotopic (exact) mass is 583 g/mol. The van der Waals surface area contributed by atoms with Crippen LogP contribution in [0.1, 0.15) is 74.4 Å². The highest BCUT2D eigenvalue weighted by Crippen LogP contribution is 2.58. The Morgan fingerprint density at radius 2 is 1.93 bits per heavy atom. The van der Waals surface area contributed by atoms with Crippen molar-refractivity contribution >= 4 is 29.8 Å². The van der Waals surface area contributed by atoms with Gasteiger partial charge in [-0.05, 0) is 75.0 Å². The molecular formula is C30H41N5O7. The summed E-state index contributed by atoms with van der Waals surface area (Å²) in [4.78, 5) is 64.5. The van der Waals surface area contributed by atoms with E-state index in [-0.39, 0.29) is 41.8 Å². The second-order valence-electron chi connectivity index (χ2n) is 13.2. The largest absolute Gasteiger partial charge is 0.444 e. The van der Waals surface area contributed by atoms with E-state index in [9.17, 15) is 24.0 Å². The van der Waals surface area contributed by atoms with E-state index in [1.54, 1.807) is 13.1 Å². The normalized spacial score (nSPS) is 26.3. The zero-order chi connectivity index (χ0) is 30.2. The predicted molar refractivity (Wildman–Crippen MR) is 151 cm³/mol. The van der Waals surface area contributed by atoms with Gasteiger partial charge in [0.05, 0.1) is 13.2 Å². The summed E-state index contributed by atoms with van der Waals surface area (Å²) in [6.45, 7) is 7.60. The lowest BCUT2D eigenvalue weighted by Crippen LogP contribution is -2.52. The van der Waals surface area contributed by atoms with Gasteiger partial charge in [-0.2, -0.15) is 0 Å². The number of likely N-dealkylation sites (N-methyl/N-ethyl adjacent to an activating group) is 1. The average molecular weight is 584 g/mol. The Hall–Kier alpha value is -3.67. The maximum Gasteiger partial charge on any atom is 0.410 e. The molecule has 6 amide bonds. The molecule has 2 heterocycles. The van der Waals surface area contributed by atoms with Gasteiger partial charge >= 0.3 is 12.1 Å². The number of amides is 6. The van der Waals surface area contributed by atoms with Crippen LogP contribution in [0.5, 0.6) is 0 Å². The summed E-state index contributed by atoms with van der Waals surface area (Å²) < 4.78 is 11.3. The number of nitrogens with zero attached hydrogens (tertiary/aromatic N) is 2. The lowest BCUT2D eigenvalue weighted by molar-refractivity contribution is -0.136. The fourth-order valence-electron chi connectivity index (χ4n) is 6.54. The number of hydrogen-bond acceptors (Lipinski definition) is 7. The number of piperidine rings is 1. The molecule has 3 saturated carbocycles. The number of imide groups is 1. The Morgan fingerprint density at radius 3 is 2.64 bits per heavy atom. The highest BCUT2D eigenvalue weighted by atomic mass is 16.6. The molecule has 2 unspecified atom stereocenters.